The number of thiophene rings is 1. The molecule has 1 saturated heterocycles. The smallest absolute Gasteiger partial charge is 0.186 e. The van der Waals surface area contributed by atoms with Gasteiger partial charge in [-0.25, -0.2) is 0 Å². The number of hydrogen-bond donors (Lipinski definition) is 0. The zero-order chi connectivity index (χ0) is 13.3. The van der Waals surface area contributed by atoms with E-state index < -0.39 is 0 Å². The molecule has 1 aliphatic rings. The van der Waals surface area contributed by atoms with Gasteiger partial charge in [0.25, 0.3) is 0 Å². The summed E-state index contributed by atoms with van der Waals surface area (Å²) in [6, 6.07) is 4.54. The number of carbonyl (C=O) groups is 1. The Labute approximate surface area is 113 Å². The van der Waals surface area contributed by atoms with Crippen LogP contribution in [0, 0.1) is 12.8 Å². The molecule has 1 aliphatic heterocycles. The zero-order valence-corrected chi connectivity index (χ0v) is 12.5. The molecule has 0 aliphatic carbocycles. The first-order valence-corrected chi connectivity index (χ1v) is 7.27. The van der Waals surface area contributed by atoms with Crippen LogP contribution in [0.4, 0.5) is 0 Å². The second-order valence-electron chi connectivity index (χ2n) is 5.54. The Morgan fingerprint density at radius 1 is 1.44 bits per heavy atom. The normalized spacial score (nSPS) is 24.9. The molecule has 0 radical (unpaired) electrons. The number of aryl methyl sites for hydroxylation is 1. The Morgan fingerprint density at radius 2 is 2.17 bits per heavy atom. The van der Waals surface area contributed by atoms with E-state index in [1.165, 1.54) is 4.88 Å². The van der Waals surface area contributed by atoms with Gasteiger partial charge < -0.3 is 4.90 Å². The highest BCUT2D eigenvalue weighted by Crippen LogP contribution is 2.21. The van der Waals surface area contributed by atoms with Crippen molar-refractivity contribution in [1.82, 2.24) is 9.80 Å². The number of ketones is 1. The maximum Gasteiger partial charge on any atom is 0.186 e. The summed E-state index contributed by atoms with van der Waals surface area (Å²) in [5, 5.41) is 0. The van der Waals surface area contributed by atoms with Gasteiger partial charge in [-0.1, -0.05) is 6.92 Å². The van der Waals surface area contributed by atoms with Crippen LogP contribution in [0.1, 0.15) is 21.5 Å². The van der Waals surface area contributed by atoms with Gasteiger partial charge in [0, 0.05) is 24.0 Å². The lowest BCUT2D eigenvalue weighted by Crippen LogP contribution is -2.35. The highest BCUT2D eigenvalue weighted by molar-refractivity contribution is 7.14. The van der Waals surface area contributed by atoms with Gasteiger partial charge in [-0.2, -0.15) is 0 Å². The molecule has 1 aromatic heterocycles. The summed E-state index contributed by atoms with van der Waals surface area (Å²) in [5.41, 5.74) is 0. The maximum atomic E-state index is 12.2. The van der Waals surface area contributed by atoms with Crippen LogP contribution in [0.5, 0.6) is 0 Å². The van der Waals surface area contributed by atoms with Crippen LogP contribution < -0.4 is 0 Å². The van der Waals surface area contributed by atoms with Crippen LogP contribution in [0.3, 0.4) is 0 Å². The molecular formula is C14H22N2OS. The van der Waals surface area contributed by atoms with E-state index in [-0.39, 0.29) is 5.78 Å². The van der Waals surface area contributed by atoms with E-state index in [9.17, 15) is 4.79 Å². The fourth-order valence-corrected chi connectivity index (χ4v) is 3.51. The molecule has 3 nitrogen and oxygen atoms in total. The Bertz CT molecular complexity index is 427. The third-order valence-electron chi connectivity index (χ3n) is 3.69. The Hall–Kier alpha value is -0.710. The number of nitrogens with zero attached hydrogens (tertiary/aromatic N) is 2. The van der Waals surface area contributed by atoms with Crippen molar-refractivity contribution in [3.63, 3.8) is 0 Å². The van der Waals surface area contributed by atoms with E-state index in [4.69, 9.17) is 0 Å². The highest BCUT2D eigenvalue weighted by atomic mass is 32.1. The lowest BCUT2D eigenvalue weighted by atomic mass is 10.1. The molecule has 4 heteroatoms. The molecule has 2 rings (SSSR count). The van der Waals surface area contributed by atoms with Gasteiger partial charge in [0.2, 0.25) is 0 Å². The fourth-order valence-electron chi connectivity index (χ4n) is 2.71. The molecule has 1 aromatic rings. The number of rotatable bonds is 4. The van der Waals surface area contributed by atoms with E-state index in [1.54, 1.807) is 11.3 Å². The molecule has 2 unspecified atom stereocenters. The van der Waals surface area contributed by atoms with Gasteiger partial charge in [0.1, 0.15) is 0 Å². The lowest BCUT2D eigenvalue weighted by Gasteiger charge is -2.22. The van der Waals surface area contributed by atoms with Crippen LogP contribution in [-0.4, -0.2) is 55.4 Å². The first kappa shape index (κ1) is 13.7. The molecule has 0 amide bonds. The molecule has 18 heavy (non-hydrogen) atoms. The summed E-state index contributed by atoms with van der Waals surface area (Å²) < 4.78 is 0. The van der Waals surface area contributed by atoms with Gasteiger partial charge in [-0.15, -0.1) is 11.3 Å². The largest absolute Gasteiger partial charge is 0.305 e. The zero-order valence-electron chi connectivity index (χ0n) is 11.6. The second kappa shape index (κ2) is 5.51. The number of likely N-dealkylation sites (N-methyl/N-ethyl adjacent to an activating group) is 1. The minimum atomic E-state index is 0.264. The number of carbonyl (C=O) groups excluding carboxylic acids is 1. The predicted molar refractivity (Wildman–Crippen MR) is 76.5 cm³/mol. The summed E-state index contributed by atoms with van der Waals surface area (Å²) in [7, 11) is 4.24. The fraction of sp³-hybridized carbons (Fsp3) is 0.643. The molecule has 0 N–H and O–H groups in total. The Balaban J connectivity index is 1.93. The van der Waals surface area contributed by atoms with Crippen molar-refractivity contribution in [2.24, 2.45) is 5.92 Å². The van der Waals surface area contributed by atoms with Gasteiger partial charge in [0.15, 0.2) is 5.78 Å². The molecule has 2 atom stereocenters. The summed E-state index contributed by atoms with van der Waals surface area (Å²) in [4.78, 5) is 18.8. The molecule has 0 aromatic carbocycles. The minimum Gasteiger partial charge on any atom is -0.305 e. The van der Waals surface area contributed by atoms with Crippen molar-refractivity contribution in [3.8, 4) is 0 Å². The van der Waals surface area contributed by atoms with Crippen LogP contribution in [0.15, 0.2) is 12.1 Å². The van der Waals surface area contributed by atoms with Crippen LogP contribution in [-0.2, 0) is 0 Å². The average Bonchev–Trinajstić information content (AvgIpc) is 2.85. The Kier molecular flexibility index (Phi) is 4.20. The minimum absolute atomic E-state index is 0.264. The Morgan fingerprint density at radius 3 is 2.67 bits per heavy atom. The molecule has 0 spiro atoms. The van der Waals surface area contributed by atoms with Crippen molar-refractivity contribution in [2.75, 3.05) is 33.7 Å². The van der Waals surface area contributed by atoms with Crippen molar-refractivity contribution in [3.05, 3.63) is 21.9 Å². The first-order valence-electron chi connectivity index (χ1n) is 6.46. The molecule has 0 bridgehead atoms. The summed E-state index contributed by atoms with van der Waals surface area (Å²) in [6.07, 6.45) is 0. The summed E-state index contributed by atoms with van der Waals surface area (Å²) >= 11 is 1.60. The van der Waals surface area contributed by atoms with Crippen molar-refractivity contribution < 1.29 is 4.79 Å². The third-order valence-corrected chi connectivity index (χ3v) is 4.74. The maximum absolute atomic E-state index is 12.2. The average molecular weight is 266 g/mol. The van der Waals surface area contributed by atoms with Gasteiger partial charge in [0.05, 0.1) is 11.4 Å². The molecule has 1 fully saturated rings. The van der Waals surface area contributed by atoms with Gasteiger partial charge in [-0.05, 0) is 39.1 Å². The van der Waals surface area contributed by atoms with E-state index >= 15 is 0 Å². The molecule has 0 saturated carbocycles. The van der Waals surface area contributed by atoms with Crippen molar-refractivity contribution in [2.45, 2.75) is 19.9 Å². The SMILES string of the molecule is Cc1ccc(C(=O)CN2CC(C)C(N(C)C)C2)s1. The van der Waals surface area contributed by atoms with Crippen LogP contribution in [0.25, 0.3) is 0 Å². The van der Waals surface area contributed by atoms with E-state index in [0.717, 1.165) is 18.0 Å². The first-order chi connectivity index (χ1) is 8.47. The molecule has 100 valence electrons. The van der Waals surface area contributed by atoms with Gasteiger partial charge >= 0.3 is 0 Å². The quantitative estimate of drug-likeness (QED) is 0.780. The standard InChI is InChI=1S/C14H22N2OS/c1-10-7-16(8-12(10)15(3)4)9-13(17)14-6-5-11(2)18-14/h5-6,10,12H,7-9H2,1-4H3. The predicted octanol–water partition coefficient (Wildman–Crippen LogP) is 2.12. The summed E-state index contributed by atoms with van der Waals surface area (Å²) in [6.45, 7) is 6.91. The molecular weight excluding hydrogens is 244 g/mol. The second-order valence-corrected chi connectivity index (χ2v) is 6.82. The number of Topliss-reactive ketones (excluding diaryl/α,β-unsaturated/α-hetero) is 1. The lowest BCUT2D eigenvalue weighted by molar-refractivity contribution is 0.0945. The molecule has 2 heterocycles. The summed E-state index contributed by atoms with van der Waals surface area (Å²) in [5.74, 6) is 0.901. The topological polar surface area (TPSA) is 23.6 Å². The number of likely N-dealkylation sites (tertiary alicyclic amines) is 1. The highest BCUT2D eigenvalue weighted by Gasteiger charge is 2.31. The monoisotopic (exact) mass is 266 g/mol. The van der Waals surface area contributed by atoms with E-state index in [2.05, 4.69) is 30.8 Å². The van der Waals surface area contributed by atoms with Crippen molar-refractivity contribution >= 4 is 17.1 Å². The van der Waals surface area contributed by atoms with E-state index in [0.29, 0.717) is 18.5 Å². The van der Waals surface area contributed by atoms with Crippen molar-refractivity contribution in [1.29, 1.82) is 0 Å². The number of hydrogen-bond acceptors (Lipinski definition) is 4. The van der Waals surface area contributed by atoms with E-state index in [1.807, 2.05) is 19.1 Å². The third kappa shape index (κ3) is 2.99. The van der Waals surface area contributed by atoms with Crippen LogP contribution >= 0.6 is 11.3 Å². The van der Waals surface area contributed by atoms with Gasteiger partial charge in [-0.3, -0.25) is 9.69 Å². The van der Waals surface area contributed by atoms with Crippen LogP contribution in [0.2, 0.25) is 0 Å².